The Kier molecular flexibility index (Phi) is 4.30. The van der Waals surface area contributed by atoms with E-state index in [1.165, 1.54) is 0 Å². The van der Waals surface area contributed by atoms with Crippen LogP contribution in [0.25, 0.3) is 11.4 Å². The fourth-order valence-corrected chi connectivity index (χ4v) is 3.26. The van der Waals surface area contributed by atoms with Gasteiger partial charge < -0.3 is 5.32 Å². The number of carbonyl (C=O) groups is 1. The summed E-state index contributed by atoms with van der Waals surface area (Å²) in [6.07, 6.45) is 0.768. The molecule has 2 aromatic carbocycles. The first-order valence-corrected chi connectivity index (χ1v) is 8.69. The maximum Gasteiger partial charge on any atom is 0.439 e. The summed E-state index contributed by atoms with van der Waals surface area (Å²) in [5.41, 5.74) is 2.08. The SMILES string of the molecule is O=C(Nc1cc(Cl)ccc1-c1noc(=O)[nH]1)C1CC1c1ccc(Cl)cc1. The molecule has 0 aliphatic heterocycles. The Morgan fingerprint density at radius 2 is 1.88 bits per heavy atom. The van der Waals surface area contributed by atoms with Crippen molar-refractivity contribution >= 4 is 34.8 Å². The third-order valence-electron chi connectivity index (χ3n) is 4.36. The number of carbonyl (C=O) groups excluding carboxylic acids is 1. The van der Waals surface area contributed by atoms with Gasteiger partial charge in [-0.15, -0.1) is 0 Å². The van der Waals surface area contributed by atoms with Crippen LogP contribution >= 0.6 is 23.2 Å². The standard InChI is InChI=1S/C18H13Cl2N3O3/c19-10-3-1-9(2-4-10)13-8-14(13)17(24)21-15-7-11(20)5-6-12(15)16-22-18(25)26-23-16/h1-7,13-14H,8H2,(H,21,24)(H,22,23,25). The fourth-order valence-electron chi connectivity index (χ4n) is 2.96. The Morgan fingerprint density at radius 3 is 2.58 bits per heavy atom. The van der Waals surface area contributed by atoms with Crippen LogP contribution in [0.5, 0.6) is 0 Å². The quantitative estimate of drug-likeness (QED) is 0.703. The molecule has 1 saturated carbocycles. The van der Waals surface area contributed by atoms with Crippen molar-refractivity contribution in [3.8, 4) is 11.4 Å². The Balaban J connectivity index is 1.54. The maximum absolute atomic E-state index is 12.6. The number of nitrogens with one attached hydrogen (secondary N) is 2. The minimum absolute atomic E-state index is 0.112. The van der Waals surface area contributed by atoms with Crippen molar-refractivity contribution in [3.05, 3.63) is 68.6 Å². The van der Waals surface area contributed by atoms with E-state index in [1.807, 2.05) is 24.3 Å². The summed E-state index contributed by atoms with van der Waals surface area (Å²) >= 11 is 12.0. The average molecular weight is 390 g/mol. The molecule has 2 N–H and O–H groups in total. The van der Waals surface area contributed by atoms with E-state index in [0.29, 0.717) is 21.3 Å². The Hall–Kier alpha value is -2.57. The maximum atomic E-state index is 12.6. The molecule has 26 heavy (non-hydrogen) atoms. The summed E-state index contributed by atoms with van der Waals surface area (Å²) in [6.45, 7) is 0. The van der Waals surface area contributed by atoms with Gasteiger partial charge >= 0.3 is 5.76 Å². The van der Waals surface area contributed by atoms with Crippen molar-refractivity contribution < 1.29 is 9.32 Å². The van der Waals surface area contributed by atoms with Crippen molar-refractivity contribution in [1.82, 2.24) is 10.1 Å². The third-order valence-corrected chi connectivity index (χ3v) is 4.85. The number of H-pyrrole nitrogens is 1. The molecule has 1 amide bonds. The first-order chi connectivity index (χ1) is 12.5. The number of aromatic amines is 1. The predicted molar refractivity (Wildman–Crippen MR) is 98.5 cm³/mol. The molecule has 4 rings (SSSR count). The average Bonchev–Trinajstić information content (AvgIpc) is 3.30. The van der Waals surface area contributed by atoms with Crippen molar-refractivity contribution in [2.24, 2.45) is 5.92 Å². The Labute approximate surface area is 158 Å². The second-order valence-electron chi connectivity index (χ2n) is 6.12. The zero-order valence-corrected chi connectivity index (χ0v) is 14.8. The molecule has 8 heteroatoms. The molecule has 132 valence electrons. The topological polar surface area (TPSA) is 88.0 Å². The normalized spacial score (nSPS) is 18.5. The molecule has 0 saturated heterocycles. The minimum Gasteiger partial charge on any atom is -0.325 e. The molecule has 0 spiro atoms. The van der Waals surface area contributed by atoms with Crippen molar-refractivity contribution in [2.75, 3.05) is 5.32 Å². The highest BCUT2D eigenvalue weighted by Crippen LogP contribution is 2.48. The first kappa shape index (κ1) is 16.9. The number of aromatic nitrogens is 2. The highest BCUT2D eigenvalue weighted by Gasteiger charge is 2.44. The summed E-state index contributed by atoms with van der Waals surface area (Å²) in [5.74, 6) is -0.510. The van der Waals surface area contributed by atoms with Crippen LogP contribution in [0.15, 0.2) is 51.8 Å². The largest absolute Gasteiger partial charge is 0.439 e. The van der Waals surface area contributed by atoms with E-state index >= 15 is 0 Å². The second-order valence-corrected chi connectivity index (χ2v) is 7.00. The lowest BCUT2D eigenvalue weighted by atomic mass is 10.1. The summed E-state index contributed by atoms with van der Waals surface area (Å²) in [6, 6.07) is 12.4. The molecule has 1 aliphatic carbocycles. The van der Waals surface area contributed by atoms with Crippen LogP contribution in [0.1, 0.15) is 17.9 Å². The van der Waals surface area contributed by atoms with E-state index in [9.17, 15) is 9.59 Å². The number of anilines is 1. The summed E-state index contributed by atoms with van der Waals surface area (Å²) in [7, 11) is 0. The number of hydrogen-bond acceptors (Lipinski definition) is 4. The van der Waals surface area contributed by atoms with E-state index in [4.69, 9.17) is 23.2 Å². The number of rotatable bonds is 4. The van der Waals surface area contributed by atoms with Crippen LogP contribution in [0.2, 0.25) is 10.0 Å². The van der Waals surface area contributed by atoms with Crippen LogP contribution in [-0.4, -0.2) is 16.0 Å². The van der Waals surface area contributed by atoms with Crippen LogP contribution in [-0.2, 0) is 4.79 Å². The molecule has 6 nitrogen and oxygen atoms in total. The number of nitrogens with zero attached hydrogens (tertiary/aromatic N) is 1. The van der Waals surface area contributed by atoms with E-state index in [1.54, 1.807) is 18.2 Å². The van der Waals surface area contributed by atoms with E-state index in [-0.39, 0.29) is 23.6 Å². The predicted octanol–water partition coefficient (Wildman–Crippen LogP) is 4.08. The Bertz CT molecular complexity index is 1030. The van der Waals surface area contributed by atoms with Gasteiger partial charge in [0.15, 0.2) is 5.82 Å². The second kappa shape index (κ2) is 6.63. The number of amides is 1. The summed E-state index contributed by atoms with van der Waals surface area (Å²) in [5, 5.41) is 7.67. The van der Waals surface area contributed by atoms with Gasteiger partial charge in [-0.3, -0.25) is 14.3 Å². The van der Waals surface area contributed by atoms with Crippen molar-refractivity contribution in [3.63, 3.8) is 0 Å². The highest BCUT2D eigenvalue weighted by molar-refractivity contribution is 6.31. The molecule has 1 heterocycles. The van der Waals surface area contributed by atoms with Gasteiger partial charge in [0.1, 0.15) is 0 Å². The van der Waals surface area contributed by atoms with E-state index < -0.39 is 5.76 Å². The molecule has 3 aromatic rings. The molecule has 0 radical (unpaired) electrons. The van der Waals surface area contributed by atoms with Crippen LogP contribution in [0, 0.1) is 5.92 Å². The van der Waals surface area contributed by atoms with Crippen molar-refractivity contribution in [1.29, 1.82) is 0 Å². The van der Waals surface area contributed by atoms with Gasteiger partial charge in [0, 0.05) is 21.5 Å². The van der Waals surface area contributed by atoms with Crippen LogP contribution in [0.4, 0.5) is 5.69 Å². The minimum atomic E-state index is -0.669. The number of halogens is 2. The molecule has 1 aromatic heterocycles. The Morgan fingerprint density at radius 1 is 1.15 bits per heavy atom. The molecular formula is C18H13Cl2N3O3. The zero-order chi connectivity index (χ0) is 18.3. The summed E-state index contributed by atoms with van der Waals surface area (Å²) < 4.78 is 4.54. The highest BCUT2D eigenvalue weighted by atomic mass is 35.5. The molecule has 2 unspecified atom stereocenters. The smallest absolute Gasteiger partial charge is 0.325 e. The molecular weight excluding hydrogens is 377 g/mol. The monoisotopic (exact) mass is 389 g/mol. The van der Waals surface area contributed by atoms with Gasteiger partial charge in [0.2, 0.25) is 5.91 Å². The van der Waals surface area contributed by atoms with Gasteiger partial charge in [-0.05, 0) is 48.2 Å². The zero-order valence-electron chi connectivity index (χ0n) is 13.3. The molecule has 1 fully saturated rings. The molecule has 1 aliphatic rings. The van der Waals surface area contributed by atoms with E-state index in [0.717, 1.165) is 12.0 Å². The van der Waals surface area contributed by atoms with Crippen molar-refractivity contribution in [2.45, 2.75) is 12.3 Å². The lowest BCUT2D eigenvalue weighted by molar-refractivity contribution is -0.117. The van der Waals surface area contributed by atoms with E-state index in [2.05, 4.69) is 20.0 Å². The van der Waals surface area contributed by atoms with Crippen LogP contribution < -0.4 is 11.1 Å². The third kappa shape index (κ3) is 3.38. The van der Waals surface area contributed by atoms with Gasteiger partial charge in [-0.25, -0.2) is 4.79 Å². The van der Waals surface area contributed by atoms with Crippen LogP contribution in [0.3, 0.4) is 0 Å². The number of benzene rings is 2. The first-order valence-electron chi connectivity index (χ1n) is 7.93. The molecule has 0 bridgehead atoms. The lowest BCUT2D eigenvalue weighted by Crippen LogP contribution is -2.15. The fraction of sp³-hybridized carbons (Fsp3) is 0.167. The lowest BCUT2D eigenvalue weighted by Gasteiger charge is -2.10. The van der Waals surface area contributed by atoms with Gasteiger partial charge in [-0.2, -0.15) is 0 Å². The summed E-state index contributed by atoms with van der Waals surface area (Å²) in [4.78, 5) is 26.3. The molecule has 2 atom stereocenters. The van der Waals surface area contributed by atoms with Gasteiger partial charge in [-0.1, -0.05) is 40.5 Å². The van der Waals surface area contributed by atoms with Gasteiger partial charge in [0.05, 0.1) is 5.69 Å². The number of hydrogen-bond donors (Lipinski definition) is 2. The van der Waals surface area contributed by atoms with Gasteiger partial charge in [0.25, 0.3) is 0 Å².